The van der Waals surface area contributed by atoms with Gasteiger partial charge in [0, 0.05) is 30.8 Å². The molecule has 0 unspecified atom stereocenters. The summed E-state index contributed by atoms with van der Waals surface area (Å²) in [5, 5.41) is 14.7. The number of hydrogen-bond acceptors (Lipinski definition) is 5. The maximum Gasteiger partial charge on any atom is 0.267 e. The van der Waals surface area contributed by atoms with E-state index in [9.17, 15) is 10.1 Å². The Morgan fingerprint density at radius 3 is 2.50 bits per heavy atom. The molecule has 0 aliphatic carbocycles. The number of aryl methyl sites for hydroxylation is 2. The Morgan fingerprint density at radius 2 is 1.92 bits per heavy atom. The Morgan fingerprint density at radius 1 is 1.17 bits per heavy atom. The number of benzene rings is 1. The normalized spacial score (nSPS) is 11.7. The van der Waals surface area contributed by atoms with Crippen LogP contribution in [-0.2, 0) is 29.6 Å². The van der Waals surface area contributed by atoms with Crippen molar-refractivity contribution >= 4 is 10.8 Å². The van der Waals surface area contributed by atoms with E-state index in [2.05, 4.69) is 16.2 Å². The lowest BCUT2D eigenvalue weighted by Gasteiger charge is -2.21. The molecule has 4 aromatic rings. The molecule has 4 rings (SSSR count). The molecule has 0 aliphatic heterocycles. The molecule has 0 N–H and O–H groups in total. The lowest BCUT2D eigenvalue weighted by Crippen LogP contribution is -2.26. The first-order chi connectivity index (χ1) is 17.1. The molecule has 186 valence electrons. The number of aromatic nitrogens is 4. The topological polar surface area (TPSA) is 85.7 Å². The summed E-state index contributed by atoms with van der Waals surface area (Å²) in [4.78, 5) is 18.4. The predicted octanol–water partition coefficient (Wildman–Crippen LogP) is 5.15. The van der Waals surface area contributed by atoms with Crippen LogP contribution >= 0.6 is 0 Å². The Kier molecular flexibility index (Phi) is 6.79. The predicted molar refractivity (Wildman–Crippen MR) is 137 cm³/mol. The van der Waals surface area contributed by atoms with Crippen molar-refractivity contribution in [1.29, 1.82) is 5.26 Å². The van der Waals surface area contributed by atoms with Crippen molar-refractivity contribution in [3.05, 3.63) is 80.9 Å². The number of halogens is 1. The van der Waals surface area contributed by atoms with E-state index in [0.29, 0.717) is 52.2 Å². The van der Waals surface area contributed by atoms with E-state index in [4.69, 9.17) is 4.74 Å². The fraction of sp³-hybridized carbons (Fsp3) is 0.357. The molecule has 0 bridgehead atoms. The van der Waals surface area contributed by atoms with Gasteiger partial charge in [-0.1, -0.05) is 40.7 Å². The van der Waals surface area contributed by atoms with Crippen LogP contribution in [0.25, 0.3) is 22.3 Å². The molecule has 0 fully saturated rings. The van der Waals surface area contributed by atoms with Gasteiger partial charge in [-0.2, -0.15) is 10.4 Å². The van der Waals surface area contributed by atoms with Gasteiger partial charge >= 0.3 is 0 Å². The van der Waals surface area contributed by atoms with E-state index < -0.39 is 11.4 Å². The van der Waals surface area contributed by atoms with Crippen LogP contribution in [0.4, 0.5) is 4.39 Å². The fourth-order valence-corrected chi connectivity index (χ4v) is 4.43. The Balaban J connectivity index is 2.04. The van der Waals surface area contributed by atoms with Gasteiger partial charge in [-0.05, 0) is 47.4 Å². The van der Waals surface area contributed by atoms with Gasteiger partial charge in [-0.15, -0.1) is 0 Å². The monoisotopic (exact) mass is 487 g/mol. The number of pyridine rings is 2. The maximum absolute atomic E-state index is 15.4. The molecule has 0 saturated carbocycles. The van der Waals surface area contributed by atoms with E-state index in [1.807, 2.05) is 46.8 Å². The highest BCUT2D eigenvalue weighted by atomic mass is 19.1. The van der Waals surface area contributed by atoms with Crippen molar-refractivity contribution in [3.63, 3.8) is 0 Å². The van der Waals surface area contributed by atoms with Crippen LogP contribution in [0.5, 0.6) is 0 Å². The number of rotatable bonds is 6. The van der Waals surface area contributed by atoms with Gasteiger partial charge < -0.3 is 4.74 Å². The third kappa shape index (κ3) is 4.31. The van der Waals surface area contributed by atoms with Crippen molar-refractivity contribution < 1.29 is 9.13 Å². The number of hydrogen-bond donors (Lipinski definition) is 0. The quantitative estimate of drug-likeness (QED) is 0.375. The largest absolute Gasteiger partial charge is 0.380 e. The molecule has 0 spiro atoms. The van der Waals surface area contributed by atoms with Gasteiger partial charge in [-0.3, -0.25) is 9.36 Å². The minimum atomic E-state index is -0.554. The van der Waals surface area contributed by atoms with E-state index in [1.54, 1.807) is 30.3 Å². The molecule has 1 aromatic carbocycles. The number of ether oxygens (including phenoxy) is 1. The summed E-state index contributed by atoms with van der Waals surface area (Å²) < 4.78 is 24.0. The maximum atomic E-state index is 15.4. The Hall–Kier alpha value is -3.83. The van der Waals surface area contributed by atoms with Crippen LogP contribution in [0.3, 0.4) is 0 Å². The molecule has 0 amide bonds. The fourth-order valence-electron chi connectivity index (χ4n) is 4.43. The first-order valence-corrected chi connectivity index (χ1v) is 12.0. The third-order valence-corrected chi connectivity index (χ3v) is 6.38. The summed E-state index contributed by atoms with van der Waals surface area (Å²) in [5.41, 5.74) is 3.19. The molecule has 3 heterocycles. The number of nitrogens with zero attached hydrogens (tertiary/aromatic N) is 5. The molecule has 0 radical (unpaired) electrons. The standard InChI is InChI=1S/C28H30FN5O2/c1-7-20-12-17-11-19(28(3,4)5)13-22(29)25(17)27(35)34(20)26-21(16-36-6)24(9-10-31-26)33-15-18(14-30)23(8-2)32-33/h9-13,15H,7-8,16H2,1-6H3. The van der Waals surface area contributed by atoms with Crippen LogP contribution in [-0.4, -0.2) is 26.4 Å². The lowest BCUT2D eigenvalue weighted by atomic mass is 9.86. The minimum absolute atomic E-state index is 0.0231. The lowest BCUT2D eigenvalue weighted by molar-refractivity contribution is 0.184. The molecule has 7 nitrogen and oxygen atoms in total. The molecule has 0 atom stereocenters. The van der Waals surface area contributed by atoms with Gasteiger partial charge in [0.2, 0.25) is 0 Å². The zero-order valence-corrected chi connectivity index (χ0v) is 21.5. The number of fused-ring (bicyclic) bond motifs is 1. The SMILES string of the molecule is CCc1nn(-c2ccnc(-n3c(CC)cc4cc(C(C)(C)C)cc(F)c4c3=O)c2COC)cc1C#N. The molecule has 0 aliphatic rings. The van der Waals surface area contributed by atoms with Crippen molar-refractivity contribution in [3.8, 4) is 17.6 Å². The number of nitriles is 1. The summed E-state index contributed by atoms with van der Waals surface area (Å²) >= 11 is 0. The second kappa shape index (κ2) is 9.67. The first-order valence-electron chi connectivity index (χ1n) is 12.0. The van der Waals surface area contributed by atoms with Gasteiger partial charge in [0.25, 0.3) is 5.56 Å². The zero-order valence-electron chi connectivity index (χ0n) is 21.5. The van der Waals surface area contributed by atoms with Crippen molar-refractivity contribution in [2.45, 2.75) is 59.5 Å². The highest BCUT2D eigenvalue weighted by Gasteiger charge is 2.23. The third-order valence-electron chi connectivity index (χ3n) is 6.38. The average molecular weight is 488 g/mol. The summed E-state index contributed by atoms with van der Waals surface area (Å²) in [6.45, 7) is 10.1. The molecule has 3 aromatic heterocycles. The van der Waals surface area contributed by atoms with Crippen LogP contribution in [0.2, 0.25) is 0 Å². The van der Waals surface area contributed by atoms with Gasteiger partial charge in [0.15, 0.2) is 0 Å². The van der Waals surface area contributed by atoms with E-state index in [0.717, 1.165) is 5.56 Å². The summed E-state index contributed by atoms with van der Waals surface area (Å²) in [6.07, 6.45) is 4.38. The molecule has 8 heteroatoms. The van der Waals surface area contributed by atoms with Crippen LogP contribution < -0.4 is 5.56 Å². The average Bonchev–Trinajstić information content (AvgIpc) is 3.27. The second-order valence-electron chi connectivity index (χ2n) is 9.77. The Bertz CT molecular complexity index is 1550. The molecular weight excluding hydrogens is 457 g/mol. The van der Waals surface area contributed by atoms with Gasteiger partial charge in [0.05, 0.1) is 28.9 Å². The van der Waals surface area contributed by atoms with Crippen LogP contribution in [0.1, 0.15) is 62.7 Å². The smallest absolute Gasteiger partial charge is 0.267 e. The van der Waals surface area contributed by atoms with Gasteiger partial charge in [0.1, 0.15) is 17.7 Å². The molecular formula is C28H30FN5O2. The number of methoxy groups -OCH3 is 1. The van der Waals surface area contributed by atoms with Crippen molar-refractivity contribution in [2.75, 3.05) is 7.11 Å². The highest BCUT2D eigenvalue weighted by Crippen LogP contribution is 2.29. The summed E-state index contributed by atoms with van der Waals surface area (Å²) in [7, 11) is 1.55. The molecule has 36 heavy (non-hydrogen) atoms. The van der Waals surface area contributed by atoms with Gasteiger partial charge in [-0.25, -0.2) is 14.1 Å². The van der Waals surface area contributed by atoms with Crippen molar-refractivity contribution in [1.82, 2.24) is 19.3 Å². The van der Waals surface area contributed by atoms with E-state index in [1.165, 1.54) is 10.6 Å². The van der Waals surface area contributed by atoms with Crippen LogP contribution in [0.15, 0.2) is 41.5 Å². The summed E-state index contributed by atoms with van der Waals surface area (Å²) in [5.74, 6) is -0.203. The van der Waals surface area contributed by atoms with E-state index in [-0.39, 0.29) is 17.4 Å². The first kappa shape index (κ1) is 25.3. The second-order valence-corrected chi connectivity index (χ2v) is 9.77. The van der Waals surface area contributed by atoms with E-state index >= 15 is 4.39 Å². The molecule has 0 saturated heterocycles. The zero-order chi connectivity index (χ0) is 26.2. The van der Waals surface area contributed by atoms with Crippen molar-refractivity contribution in [2.24, 2.45) is 0 Å². The minimum Gasteiger partial charge on any atom is -0.380 e. The Labute approximate surface area is 209 Å². The highest BCUT2D eigenvalue weighted by molar-refractivity contribution is 5.84. The summed E-state index contributed by atoms with van der Waals surface area (Å²) in [6, 6.07) is 9.13. The van der Waals surface area contributed by atoms with Crippen LogP contribution in [0, 0.1) is 17.1 Å².